The van der Waals surface area contributed by atoms with Crippen molar-refractivity contribution in [2.45, 2.75) is 12.6 Å². The number of carbonyl (C=O) groups excluding carboxylic acids is 1. The van der Waals surface area contributed by atoms with E-state index >= 15 is 0 Å². The molecule has 3 aromatic rings. The second-order valence-electron chi connectivity index (χ2n) is 6.07. The van der Waals surface area contributed by atoms with Crippen LogP contribution in [0.1, 0.15) is 26.8 Å². The van der Waals surface area contributed by atoms with E-state index < -0.39 is 10.8 Å². The molecule has 140 valence electrons. The van der Waals surface area contributed by atoms with E-state index in [1.807, 2.05) is 53.9 Å². The smallest absolute Gasteiger partial charge is 0.251 e. The molecule has 0 aliphatic rings. The molecule has 1 aromatic heterocycles. The lowest BCUT2D eigenvalue weighted by Gasteiger charge is -2.18. The summed E-state index contributed by atoms with van der Waals surface area (Å²) >= 11 is 1.63. The largest absolute Gasteiger partial charge is 0.488 e. The van der Waals surface area contributed by atoms with E-state index in [9.17, 15) is 9.00 Å². The number of ether oxygens (including phenoxy) is 1. The number of hydrogen-bond acceptors (Lipinski definition) is 4. The molecule has 4 nitrogen and oxygen atoms in total. The highest BCUT2D eigenvalue weighted by atomic mass is 32.2. The molecule has 0 fully saturated rings. The summed E-state index contributed by atoms with van der Waals surface area (Å²) in [5.74, 6) is 0.798. The second-order valence-corrected chi connectivity index (χ2v) is 8.58. The first-order chi connectivity index (χ1) is 13.1. The fourth-order valence-corrected chi connectivity index (χ4v) is 4.02. The summed E-state index contributed by atoms with van der Waals surface area (Å²) in [5.41, 5.74) is 1.45. The van der Waals surface area contributed by atoms with Gasteiger partial charge >= 0.3 is 0 Å². The molecule has 6 heteroatoms. The number of hydrogen-bond donors (Lipinski definition) is 1. The van der Waals surface area contributed by atoms with Gasteiger partial charge in [-0.15, -0.1) is 11.3 Å². The van der Waals surface area contributed by atoms with Gasteiger partial charge in [-0.05, 0) is 35.2 Å². The Balaban J connectivity index is 1.70. The maximum Gasteiger partial charge on any atom is 0.251 e. The number of nitrogens with one attached hydrogen (secondary N) is 1. The van der Waals surface area contributed by atoms with E-state index in [0.717, 1.165) is 10.4 Å². The van der Waals surface area contributed by atoms with Gasteiger partial charge in [0.15, 0.2) is 0 Å². The quantitative estimate of drug-likeness (QED) is 0.618. The number of amides is 1. The lowest BCUT2D eigenvalue weighted by Crippen LogP contribution is -2.31. The topological polar surface area (TPSA) is 55.4 Å². The highest BCUT2D eigenvalue weighted by Gasteiger charge is 2.17. The zero-order chi connectivity index (χ0) is 19.1. The van der Waals surface area contributed by atoms with Gasteiger partial charge in [0.05, 0.1) is 6.04 Å². The molecule has 0 bridgehead atoms. The summed E-state index contributed by atoms with van der Waals surface area (Å²) in [6.45, 7) is 0.476. The average molecular weight is 400 g/mol. The minimum Gasteiger partial charge on any atom is -0.488 e. The Bertz CT molecular complexity index is 895. The van der Waals surface area contributed by atoms with Gasteiger partial charge in [0, 0.05) is 33.2 Å². The number of rotatable bonds is 8. The third kappa shape index (κ3) is 5.77. The van der Waals surface area contributed by atoms with E-state index in [4.69, 9.17) is 4.74 Å². The molecule has 0 radical (unpaired) electrons. The van der Waals surface area contributed by atoms with Gasteiger partial charge in [0.2, 0.25) is 0 Å². The molecular weight excluding hydrogens is 378 g/mol. The van der Waals surface area contributed by atoms with Crippen molar-refractivity contribution in [3.63, 3.8) is 0 Å². The SMILES string of the molecule is C[S@@](=O)C[C@@H](NC(=O)c1cccc(OCc2cccs2)c1)c1ccccc1. The fourth-order valence-electron chi connectivity index (χ4n) is 2.66. The van der Waals surface area contributed by atoms with Crippen molar-refractivity contribution in [3.05, 3.63) is 88.1 Å². The predicted molar refractivity (Wildman–Crippen MR) is 111 cm³/mol. The third-order valence-electron chi connectivity index (χ3n) is 3.97. The Morgan fingerprint density at radius 3 is 2.63 bits per heavy atom. The van der Waals surface area contributed by atoms with Crippen LogP contribution in [0.5, 0.6) is 5.75 Å². The Kier molecular flexibility index (Phi) is 6.79. The van der Waals surface area contributed by atoms with Crippen LogP contribution in [0.2, 0.25) is 0 Å². The van der Waals surface area contributed by atoms with Crippen molar-refractivity contribution in [1.82, 2.24) is 5.32 Å². The van der Waals surface area contributed by atoms with Crippen LogP contribution in [0.25, 0.3) is 0 Å². The molecule has 1 amide bonds. The number of carbonyl (C=O) groups is 1. The van der Waals surface area contributed by atoms with Crippen molar-refractivity contribution in [1.29, 1.82) is 0 Å². The lowest BCUT2D eigenvalue weighted by molar-refractivity contribution is 0.0940. The molecule has 1 N–H and O–H groups in total. The van der Waals surface area contributed by atoms with Crippen LogP contribution >= 0.6 is 11.3 Å². The molecule has 0 aliphatic heterocycles. The van der Waals surface area contributed by atoms with Crippen LogP contribution < -0.4 is 10.1 Å². The predicted octanol–water partition coefficient (Wildman–Crippen LogP) is 4.18. The van der Waals surface area contributed by atoms with Crippen molar-refractivity contribution < 1.29 is 13.7 Å². The van der Waals surface area contributed by atoms with E-state index in [1.165, 1.54) is 0 Å². The molecule has 0 spiro atoms. The highest BCUT2D eigenvalue weighted by Crippen LogP contribution is 2.19. The van der Waals surface area contributed by atoms with Crippen molar-refractivity contribution >= 4 is 28.0 Å². The normalized spacial score (nSPS) is 12.9. The molecule has 0 unspecified atom stereocenters. The molecule has 2 atom stereocenters. The van der Waals surface area contributed by atoms with Gasteiger partial charge in [-0.1, -0.05) is 42.5 Å². The van der Waals surface area contributed by atoms with E-state index in [1.54, 1.807) is 35.8 Å². The van der Waals surface area contributed by atoms with Crippen molar-refractivity contribution in [2.24, 2.45) is 0 Å². The highest BCUT2D eigenvalue weighted by molar-refractivity contribution is 7.84. The fraction of sp³-hybridized carbons (Fsp3) is 0.190. The third-order valence-corrected chi connectivity index (χ3v) is 5.62. The van der Waals surface area contributed by atoms with Crippen LogP contribution in [0, 0.1) is 0 Å². The maximum atomic E-state index is 12.7. The van der Waals surface area contributed by atoms with Gasteiger partial charge in [-0.25, -0.2) is 0 Å². The summed E-state index contributed by atoms with van der Waals surface area (Å²) in [4.78, 5) is 13.9. The van der Waals surface area contributed by atoms with Crippen molar-refractivity contribution in [2.75, 3.05) is 12.0 Å². The monoisotopic (exact) mass is 399 g/mol. The van der Waals surface area contributed by atoms with Crippen LogP contribution in [-0.2, 0) is 17.4 Å². The molecule has 0 saturated carbocycles. The Morgan fingerprint density at radius 2 is 1.93 bits per heavy atom. The van der Waals surface area contributed by atoms with Gasteiger partial charge in [0.25, 0.3) is 5.91 Å². The molecule has 0 saturated heterocycles. The first-order valence-electron chi connectivity index (χ1n) is 8.53. The van der Waals surface area contributed by atoms with E-state index in [0.29, 0.717) is 23.7 Å². The summed E-state index contributed by atoms with van der Waals surface area (Å²) in [5, 5.41) is 5.00. The van der Waals surface area contributed by atoms with Crippen molar-refractivity contribution in [3.8, 4) is 5.75 Å². The zero-order valence-electron chi connectivity index (χ0n) is 15.0. The standard InChI is InChI=1S/C21H21NO3S2/c1-27(24)15-20(16-7-3-2-4-8-16)22-21(23)17-9-5-10-18(13-17)25-14-19-11-6-12-26-19/h2-13,20H,14-15H2,1H3,(H,22,23)/t20-,27-/m1/s1. The zero-order valence-corrected chi connectivity index (χ0v) is 16.6. The Hall–Kier alpha value is -2.44. The van der Waals surface area contributed by atoms with Gasteiger partial charge in [-0.2, -0.15) is 0 Å². The minimum absolute atomic E-state index is 0.212. The van der Waals surface area contributed by atoms with E-state index in [-0.39, 0.29) is 11.9 Å². The Labute approximate surface area is 165 Å². The van der Waals surface area contributed by atoms with Crippen LogP contribution in [0.3, 0.4) is 0 Å². The van der Waals surface area contributed by atoms with Gasteiger partial charge in [0.1, 0.15) is 12.4 Å². The first-order valence-corrected chi connectivity index (χ1v) is 11.1. The summed E-state index contributed by atoms with van der Waals surface area (Å²) < 4.78 is 17.5. The van der Waals surface area contributed by atoms with Crippen LogP contribution in [-0.4, -0.2) is 22.1 Å². The summed E-state index contributed by atoms with van der Waals surface area (Å²) in [7, 11) is -1.03. The molecule has 27 heavy (non-hydrogen) atoms. The number of thiophene rings is 1. The maximum absolute atomic E-state index is 12.7. The summed E-state index contributed by atoms with van der Waals surface area (Å²) in [6, 6.07) is 20.4. The summed E-state index contributed by atoms with van der Waals surface area (Å²) in [6.07, 6.45) is 1.64. The molecule has 1 heterocycles. The van der Waals surface area contributed by atoms with E-state index in [2.05, 4.69) is 5.32 Å². The minimum atomic E-state index is -1.03. The van der Waals surface area contributed by atoms with Gasteiger partial charge in [-0.3, -0.25) is 9.00 Å². The number of benzene rings is 2. The average Bonchev–Trinajstić information content (AvgIpc) is 3.20. The lowest BCUT2D eigenvalue weighted by atomic mass is 10.1. The van der Waals surface area contributed by atoms with Crippen LogP contribution in [0.15, 0.2) is 72.1 Å². The Morgan fingerprint density at radius 1 is 1.11 bits per heavy atom. The van der Waals surface area contributed by atoms with Gasteiger partial charge < -0.3 is 10.1 Å². The molecule has 3 rings (SSSR count). The van der Waals surface area contributed by atoms with Crippen LogP contribution in [0.4, 0.5) is 0 Å². The molecule has 0 aliphatic carbocycles. The molecular formula is C21H21NO3S2. The second kappa shape index (κ2) is 9.48. The first kappa shape index (κ1) is 19.3. The molecule has 2 aromatic carbocycles.